The molecule has 0 fully saturated rings. The number of pyridine rings is 1. The maximum absolute atomic E-state index is 5.99. The predicted octanol–water partition coefficient (Wildman–Crippen LogP) is 6.67. The first-order chi connectivity index (χ1) is 11.2. The van der Waals surface area contributed by atoms with Crippen LogP contribution in [0.3, 0.4) is 0 Å². The molecule has 1 heterocycles. The average molecular weight is 342 g/mol. The molecule has 1 aromatic heterocycles. The van der Waals surface area contributed by atoms with E-state index in [1.165, 1.54) is 5.56 Å². The first-order valence-corrected chi connectivity index (χ1v) is 8.45. The number of benzene rings is 2. The number of hydrogen-bond acceptors (Lipinski definition) is 1. The summed E-state index contributed by atoms with van der Waals surface area (Å²) in [7, 11) is 0. The lowest BCUT2D eigenvalue weighted by molar-refractivity contribution is 0.886. The third-order valence-electron chi connectivity index (χ3n) is 3.76. The Kier molecular flexibility index (Phi) is 5.00. The fourth-order valence-corrected chi connectivity index (χ4v) is 2.85. The van der Waals surface area contributed by atoms with E-state index in [0.717, 1.165) is 45.4 Å². The molecule has 0 aliphatic heterocycles. The van der Waals surface area contributed by atoms with Gasteiger partial charge in [0, 0.05) is 26.9 Å². The molecule has 0 N–H and O–H groups in total. The summed E-state index contributed by atoms with van der Waals surface area (Å²) in [5.41, 5.74) is 5.48. The number of aryl methyl sites for hydroxylation is 1. The topological polar surface area (TPSA) is 12.9 Å². The fourth-order valence-electron chi connectivity index (χ4n) is 2.60. The maximum atomic E-state index is 5.99. The van der Waals surface area contributed by atoms with Crippen LogP contribution in [0, 0.1) is 0 Å². The molecule has 0 spiro atoms. The standard InChI is InChI=1S/C20H17Cl2N/c1-2-3-20-18(14-4-8-16(21)9-5-14)12-13-19(23-20)15-6-10-17(22)11-7-15/h4-13H,2-3H2,1H3. The van der Waals surface area contributed by atoms with Crippen LogP contribution >= 0.6 is 23.2 Å². The van der Waals surface area contributed by atoms with Crippen molar-refractivity contribution in [2.24, 2.45) is 0 Å². The molecule has 23 heavy (non-hydrogen) atoms. The highest BCUT2D eigenvalue weighted by atomic mass is 35.5. The highest BCUT2D eigenvalue weighted by Crippen LogP contribution is 2.28. The second-order valence-electron chi connectivity index (χ2n) is 5.45. The SMILES string of the molecule is CCCc1nc(-c2ccc(Cl)cc2)ccc1-c1ccc(Cl)cc1. The Labute approximate surface area is 146 Å². The second-order valence-corrected chi connectivity index (χ2v) is 6.33. The minimum absolute atomic E-state index is 0.736. The van der Waals surface area contributed by atoms with Gasteiger partial charge in [0.25, 0.3) is 0 Å². The number of rotatable bonds is 4. The maximum Gasteiger partial charge on any atom is 0.0705 e. The second kappa shape index (κ2) is 7.16. The predicted molar refractivity (Wildman–Crippen MR) is 99.1 cm³/mol. The Morgan fingerprint density at radius 2 is 1.30 bits per heavy atom. The van der Waals surface area contributed by atoms with Gasteiger partial charge >= 0.3 is 0 Å². The van der Waals surface area contributed by atoms with Gasteiger partial charge in [0.05, 0.1) is 5.69 Å². The molecule has 3 heteroatoms. The molecule has 0 aliphatic carbocycles. The van der Waals surface area contributed by atoms with Crippen molar-refractivity contribution in [3.8, 4) is 22.4 Å². The molecular weight excluding hydrogens is 325 g/mol. The van der Waals surface area contributed by atoms with Gasteiger partial charge in [-0.3, -0.25) is 4.98 Å². The van der Waals surface area contributed by atoms with Gasteiger partial charge in [-0.15, -0.1) is 0 Å². The molecule has 0 unspecified atom stereocenters. The lowest BCUT2D eigenvalue weighted by Crippen LogP contribution is -1.96. The Bertz CT molecular complexity index is 793. The Hall–Kier alpha value is -1.83. The van der Waals surface area contributed by atoms with E-state index in [0.29, 0.717) is 0 Å². The van der Waals surface area contributed by atoms with Crippen LogP contribution in [-0.2, 0) is 6.42 Å². The molecule has 2 aromatic carbocycles. The van der Waals surface area contributed by atoms with E-state index in [1.54, 1.807) is 0 Å². The van der Waals surface area contributed by atoms with Crippen LogP contribution in [0.15, 0.2) is 60.7 Å². The molecule has 1 nitrogen and oxygen atoms in total. The van der Waals surface area contributed by atoms with Crippen molar-refractivity contribution >= 4 is 23.2 Å². The summed E-state index contributed by atoms with van der Waals surface area (Å²) in [4.78, 5) is 4.89. The van der Waals surface area contributed by atoms with Gasteiger partial charge in [-0.2, -0.15) is 0 Å². The lowest BCUT2D eigenvalue weighted by Gasteiger charge is -2.11. The highest BCUT2D eigenvalue weighted by Gasteiger charge is 2.09. The summed E-state index contributed by atoms with van der Waals surface area (Å²) in [6.45, 7) is 2.17. The Morgan fingerprint density at radius 1 is 0.739 bits per heavy atom. The smallest absolute Gasteiger partial charge is 0.0705 e. The quantitative estimate of drug-likeness (QED) is 0.516. The molecular formula is C20H17Cl2N. The minimum atomic E-state index is 0.736. The van der Waals surface area contributed by atoms with Crippen LogP contribution < -0.4 is 0 Å². The van der Waals surface area contributed by atoms with Crippen LogP contribution in [-0.4, -0.2) is 4.98 Å². The molecule has 0 aliphatic rings. The van der Waals surface area contributed by atoms with E-state index in [-0.39, 0.29) is 0 Å². The van der Waals surface area contributed by atoms with Crippen molar-refractivity contribution < 1.29 is 0 Å². The van der Waals surface area contributed by atoms with E-state index in [4.69, 9.17) is 28.2 Å². The fraction of sp³-hybridized carbons (Fsp3) is 0.150. The van der Waals surface area contributed by atoms with Crippen molar-refractivity contribution in [1.82, 2.24) is 4.98 Å². The first kappa shape index (κ1) is 16.0. The number of halogens is 2. The van der Waals surface area contributed by atoms with Crippen molar-refractivity contribution in [3.05, 3.63) is 76.4 Å². The summed E-state index contributed by atoms with van der Waals surface area (Å²) in [6, 6.07) is 19.9. The summed E-state index contributed by atoms with van der Waals surface area (Å²) in [5, 5.41) is 1.48. The molecule has 0 saturated carbocycles. The monoisotopic (exact) mass is 341 g/mol. The zero-order valence-corrected chi connectivity index (χ0v) is 14.4. The van der Waals surface area contributed by atoms with Crippen LogP contribution in [0.25, 0.3) is 22.4 Å². The van der Waals surface area contributed by atoms with Gasteiger partial charge < -0.3 is 0 Å². The Balaban J connectivity index is 2.04. The van der Waals surface area contributed by atoms with E-state index < -0.39 is 0 Å². The van der Waals surface area contributed by atoms with Crippen LogP contribution in [0.1, 0.15) is 19.0 Å². The lowest BCUT2D eigenvalue weighted by atomic mass is 10.00. The number of nitrogens with zero attached hydrogens (tertiary/aromatic N) is 1. The first-order valence-electron chi connectivity index (χ1n) is 7.69. The zero-order valence-electron chi connectivity index (χ0n) is 12.9. The zero-order chi connectivity index (χ0) is 16.2. The van der Waals surface area contributed by atoms with Crippen molar-refractivity contribution in [2.75, 3.05) is 0 Å². The molecule has 0 atom stereocenters. The largest absolute Gasteiger partial charge is 0.252 e. The van der Waals surface area contributed by atoms with Crippen LogP contribution in [0.5, 0.6) is 0 Å². The summed E-state index contributed by atoms with van der Waals surface area (Å²) in [6.07, 6.45) is 2.00. The van der Waals surface area contributed by atoms with Crippen molar-refractivity contribution in [3.63, 3.8) is 0 Å². The molecule has 3 aromatic rings. The minimum Gasteiger partial charge on any atom is -0.252 e. The normalized spacial score (nSPS) is 10.7. The van der Waals surface area contributed by atoms with E-state index in [2.05, 4.69) is 19.1 Å². The molecule has 3 rings (SSSR count). The van der Waals surface area contributed by atoms with Crippen molar-refractivity contribution in [2.45, 2.75) is 19.8 Å². The van der Waals surface area contributed by atoms with Gasteiger partial charge in [-0.05, 0) is 42.3 Å². The average Bonchev–Trinajstić information content (AvgIpc) is 2.57. The van der Waals surface area contributed by atoms with E-state index >= 15 is 0 Å². The molecule has 0 amide bonds. The van der Waals surface area contributed by atoms with E-state index in [9.17, 15) is 0 Å². The molecule has 0 bridgehead atoms. The van der Waals surface area contributed by atoms with Gasteiger partial charge in [0.15, 0.2) is 0 Å². The summed E-state index contributed by atoms with van der Waals surface area (Å²) >= 11 is 12.0. The Morgan fingerprint density at radius 3 is 1.87 bits per heavy atom. The van der Waals surface area contributed by atoms with Gasteiger partial charge in [-0.1, -0.05) is 66.9 Å². The summed E-state index contributed by atoms with van der Waals surface area (Å²) < 4.78 is 0. The summed E-state index contributed by atoms with van der Waals surface area (Å²) in [5.74, 6) is 0. The third kappa shape index (κ3) is 3.74. The molecule has 0 saturated heterocycles. The van der Waals surface area contributed by atoms with Crippen LogP contribution in [0.2, 0.25) is 10.0 Å². The van der Waals surface area contributed by atoms with Gasteiger partial charge in [-0.25, -0.2) is 0 Å². The number of aromatic nitrogens is 1. The van der Waals surface area contributed by atoms with Gasteiger partial charge in [0.1, 0.15) is 0 Å². The molecule has 116 valence electrons. The van der Waals surface area contributed by atoms with Crippen molar-refractivity contribution in [1.29, 1.82) is 0 Å². The molecule has 0 radical (unpaired) electrons. The highest BCUT2D eigenvalue weighted by molar-refractivity contribution is 6.30. The van der Waals surface area contributed by atoms with Gasteiger partial charge in [0.2, 0.25) is 0 Å². The van der Waals surface area contributed by atoms with Crippen LogP contribution in [0.4, 0.5) is 0 Å². The third-order valence-corrected chi connectivity index (χ3v) is 4.26. The number of hydrogen-bond donors (Lipinski definition) is 0. The van der Waals surface area contributed by atoms with E-state index in [1.807, 2.05) is 48.5 Å².